The first-order valence-electron chi connectivity index (χ1n) is 6.28. The van der Waals surface area contributed by atoms with Crippen LogP contribution in [0.25, 0.3) is 0 Å². The molecule has 0 aliphatic heterocycles. The van der Waals surface area contributed by atoms with E-state index in [1.54, 1.807) is 6.07 Å². The Morgan fingerprint density at radius 1 is 1.30 bits per heavy atom. The van der Waals surface area contributed by atoms with Gasteiger partial charge >= 0.3 is 5.97 Å². The number of thiophene rings is 1. The molecule has 0 saturated heterocycles. The molecule has 20 heavy (non-hydrogen) atoms. The zero-order valence-corrected chi connectivity index (χ0v) is 11.9. The maximum atomic E-state index is 11.7. The molecular formula is C13H16N2O4S. The van der Waals surface area contributed by atoms with Gasteiger partial charge in [-0.1, -0.05) is 0 Å². The molecule has 2 amide bonds. The molecule has 1 fully saturated rings. The molecule has 0 atom stereocenters. The number of carbonyl (C=O) groups excluding carboxylic acids is 2. The van der Waals surface area contributed by atoms with Gasteiger partial charge in [-0.15, -0.1) is 11.3 Å². The van der Waals surface area contributed by atoms with Crippen LogP contribution in [0.1, 0.15) is 27.4 Å². The van der Waals surface area contributed by atoms with Crippen molar-refractivity contribution < 1.29 is 19.5 Å². The van der Waals surface area contributed by atoms with Gasteiger partial charge in [-0.3, -0.25) is 14.4 Å². The van der Waals surface area contributed by atoms with Gasteiger partial charge in [0.25, 0.3) is 5.91 Å². The lowest BCUT2D eigenvalue weighted by atomic mass is 10.1. The van der Waals surface area contributed by atoms with Crippen LogP contribution in [0.3, 0.4) is 0 Å². The molecule has 1 aromatic rings. The standard InChI is InChI=1S/C13H16N2O4S/c1-8-2-3-9(20-8)11(17)14-6-10(16)15-7-13(4-5-13)12(18)19/h2-3H,4-7H2,1H3,(H,14,17)(H,15,16)(H,18,19). The maximum Gasteiger partial charge on any atom is 0.311 e. The highest BCUT2D eigenvalue weighted by atomic mass is 32.1. The number of hydrogen-bond acceptors (Lipinski definition) is 4. The number of aliphatic carboxylic acids is 1. The predicted octanol–water partition coefficient (Wildman–Crippen LogP) is 0.767. The highest BCUT2D eigenvalue weighted by molar-refractivity contribution is 7.13. The van der Waals surface area contributed by atoms with Crippen molar-refractivity contribution in [3.05, 3.63) is 21.9 Å². The summed E-state index contributed by atoms with van der Waals surface area (Å²) in [6, 6.07) is 3.54. The normalized spacial score (nSPS) is 15.4. The summed E-state index contributed by atoms with van der Waals surface area (Å²) in [6.07, 6.45) is 1.17. The molecule has 0 aromatic carbocycles. The van der Waals surface area contributed by atoms with Crippen LogP contribution in [0.4, 0.5) is 0 Å². The summed E-state index contributed by atoms with van der Waals surface area (Å²) in [5, 5.41) is 14.0. The fourth-order valence-corrected chi connectivity index (χ4v) is 2.54. The molecule has 1 aromatic heterocycles. The van der Waals surface area contributed by atoms with Crippen molar-refractivity contribution >= 4 is 29.1 Å². The number of carboxylic acids is 1. The highest BCUT2D eigenvalue weighted by Crippen LogP contribution is 2.45. The Kier molecular flexibility index (Phi) is 4.08. The van der Waals surface area contributed by atoms with Gasteiger partial charge in [-0.05, 0) is 31.9 Å². The van der Waals surface area contributed by atoms with Gasteiger partial charge in [0.2, 0.25) is 5.91 Å². The van der Waals surface area contributed by atoms with Crippen LogP contribution in [-0.2, 0) is 9.59 Å². The summed E-state index contributed by atoms with van der Waals surface area (Å²) in [4.78, 5) is 35.8. The molecule has 108 valence electrons. The number of nitrogens with one attached hydrogen (secondary N) is 2. The van der Waals surface area contributed by atoms with Crippen LogP contribution in [0.5, 0.6) is 0 Å². The molecule has 1 aliphatic rings. The van der Waals surface area contributed by atoms with E-state index >= 15 is 0 Å². The van der Waals surface area contributed by atoms with E-state index in [0.717, 1.165) is 4.88 Å². The first kappa shape index (κ1) is 14.5. The molecule has 6 nitrogen and oxygen atoms in total. The van der Waals surface area contributed by atoms with Gasteiger partial charge in [-0.25, -0.2) is 0 Å². The second-order valence-electron chi connectivity index (χ2n) is 4.96. The van der Waals surface area contributed by atoms with Crippen LogP contribution >= 0.6 is 11.3 Å². The Balaban J connectivity index is 1.73. The average Bonchev–Trinajstić information content (AvgIpc) is 3.09. The largest absolute Gasteiger partial charge is 0.481 e. The summed E-state index contributed by atoms with van der Waals surface area (Å²) < 4.78 is 0. The van der Waals surface area contributed by atoms with Crippen molar-refractivity contribution in [1.82, 2.24) is 10.6 Å². The Hall–Kier alpha value is -1.89. The van der Waals surface area contributed by atoms with E-state index in [1.165, 1.54) is 11.3 Å². The minimum absolute atomic E-state index is 0.120. The SMILES string of the molecule is Cc1ccc(C(=O)NCC(=O)NCC2(C(=O)O)CC2)s1. The summed E-state index contributed by atoms with van der Waals surface area (Å²) in [6.45, 7) is 1.87. The topological polar surface area (TPSA) is 95.5 Å². The molecule has 1 saturated carbocycles. The number of amides is 2. The monoisotopic (exact) mass is 296 g/mol. The Labute approximate surface area is 120 Å². The quantitative estimate of drug-likeness (QED) is 0.722. The average molecular weight is 296 g/mol. The number of rotatable bonds is 6. The third-order valence-corrected chi connectivity index (χ3v) is 4.30. The maximum absolute atomic E-state index is 11.7. The van der Waals surface area contributed by atoms with Crippen LogP contribution in [0.2, 0.25) is 0 Å². The van der Waals surface area contributed by atoms with E-state index in [9.17, 15) is 14.4 Å². The molecule has 7 heteroatoms. The van der Waals surface area contributed by atoms with Crippen molar-refractivity contribution in [2.24, 2.45) is 5.41 Å². The van der Waals surface area contributed by atoms with Crippen LogP contribution in [0, 0.1) is 12.3 Å². The van der Waals surface area contributed by atoms with E-state index in [2.05, 4.69) is 10.6 Å². The van der Waals surface area contributed by atoms with E-state index in [4.69, 9.17) is 5.11 Å². The molecule has 0 bridgehead atoms. The van der Waals surface area contributed by atoms with E-state index in [0.29, 0.717) is 17.7 Å². The van der Waals surface area contributed by atoms with Crippen molar-refractivity contribution in [3.8, 4) is 0 Å². The van der Waals surface area contributed by atoms with Crippen molar-refractivity contribution in [2.45, 2.75) is 19.8 Å². The minimum Gasteiger partial charge on any atom is -0.481 e. The highest BCUT2D eigenvalue weighted by Gasteiger charge is 2.50. The third kappa shape index (κ3) is 3.36. The van der Waals surface area contributed by atoms with Crippen LogP contribution in [-0.4, -0.2) is 36.0 Å². The minimum atomic E-state index is -0.879. The van der Waals surface area contributed by atoms with Crippen LogP contribution < -0.4 is 10.6 Å². The Morgan fingerprint density at radius 2 is 2.00 bits per heavy atom. The van der Waals surface area contributed by atoms with Gasteiger partial charge in [-0.2, -0.15) is 0 Å². The zero-order valence-electron chi connectivity index (χ0n) is 11.1. The molecular weight excluding hydrogens is 280 g/mol. The second-order valence-corrected chi connectivity index (χ2v) is 6.24. The number of carbonyl (C=O) groups is 3. The van der Waals surface area contributed by atoms with E-state index < -0.39 is 11.4 Å². The van der Waals surface area contributed by atoms with Gasteiger partial charge in [0, 0.05) is 11.4 Å². The first-order valence-corrected chi connectivity index (χ1v) is 7.09. The van der Waals surface area contributed by atoms with Gasteiger partial charge in [0.15, 0.2) is 0 Å². The van der Waals surface area contributed by atoms with Crippen LogP contribution in [0.15, 0.2) is 12.1 Å². The van der Waals surface area contributed by atoms with Gasteiger partial charge in [0.1, 0.15) is 0 Å². The molecule has 0 spiro atoms. The predicted molar refractivity (Wildman–Crippen MR) is 73.7 cm³/mol. The Bertz CT molecular complexity index is 548. The van der Waals surface area contributed by atoms with Gasteiger partial charge in [0.05, 0.1) is 16.8 Å². The van der Waals surface area contributed by atoms with Crippen molar-refractivity contribution in [3.63, 3.8) is 0 Å². The summed E-state index contributed by atoms with van der Waals surface area (Å²) in [5.74, 6) is -1.55. The van der Waals surface area contributed by atoms with Crippen molar-refractivity contribution in [1.29, 1.82) is 0 Å². The molecule has 0 unspecified atom stereocenters. The van der Waals surface area contributed by atoms with E-state index in [1.807, 2.05) is 13.0 Å². The molecule has 2 rings (SSSR count). The summed E-state index contributed by atoms with van der Waals surface area (Å²) in [5.41, 5.74) is -0.787. The Morgan fingerprint density at radius 3 is 2.50 bits per heavy atom. The smallest absolute Gasteiger partial charge is 0.311 e. The third-order valence-electron chi connectivity index (χ3n) is 3.30. The lowest BCUT2D eigenvalue weighted by Gasteiger charge is -2.11. The van der Waals surface area contributed by atoms with Crippen molar-refractivity contribution in [2.75, 3.05) is 13.1 Å². The number of hydrogen-bond donors (Lipinski definition) is 3. The van der Waals surface area contributed by atoms with Gasteiger partial charge < -0.3 is 15.7 Å². The summed E-state index contributed by atoms with van der Waals surface area (Å²) >= 11 is 1.36. The fourth-order valence-electron chi connectivity index (χ4n) is 1.75. The number of aryl methyl sites for hydroxylation is 1. The molecule has 0 radical (unpaired) electrons. The zero-order chi connectivity index (χ0) is 14.8. The van der Waals surface area contributed by atoms with E-state index in [-0.39, 0.29) is 24.9 Å². The second kappa shape index (κ2) is 5.62. The molecule has 1 aliphatic carbocycles. The molecule has 1 heterocycles. The summed E-state index contributed by atoms with van der Waals surface area (Å²) in [7, 11) is 0. The lowest BCUT2D eigenvalue weighted by molar-refractivity contribution is -0.143. The fraction of sp³-hybridized carbons (Fsp3) is 0.462. The lowest BCUT2D eigenvalue weighted by Crippen LogP contribution is -2.40. The number of carboxylic acid groups (broad SMARTS) is 1. The molecule has 3 N–H and O–H groups in total. The first-order chi connectivity index (χ1) is 9.43.